The number of benzene rings is 1. The first-order valence-electron chi connectivity index (χ1n) is 10.7. The summed E-state index contributed by atoms with van der Waals surface area (Å²) in [6.07, 6.45) is 3.21. The third-order valence-corrected chi connectivity index (χ3v) is 6.22. The van der Waals surface area contributed by atoms with Crippen molar-refractivity contribution in [2.75, 3.05) is 56.0 Å². The number of hydrogen-bond donors (Lipinski definition) is 3. The van der Waals surface area contributed by atoms with Crippen LogP contribution >= 0.6 is 0 Å². The number of nitrogens with zero attached hydrogens (tertiary/aromatic N) is 2. The molecule has 1 unspecified atom stereocenters. The van der Waals surface area contributed by atoms with Crippen LogP contribution in [0, 0.1) is 11.7 Å². The summed E-state index contributed by atoms with van der Waals surface area (Å²) in [7, 11) is 0. The fourth-order valence-electron chi connectivity index (χ4n) is 4.49. The Kier molecular flexibility index (Phi) is 6.30. The molecule has 8 heteroatoms. The lowest BCUT2D eigenvalue weighted by molar-refractivity contribution is -0.133. The Hall–Kier alpha value is -2.19. The first-order chi connectivity index (χ1) is 14.1. The van der Waals surface area contributed by atoms with Gasteiger partial charge in [-0.3, -0.25) is 19.8 Å². The van der Waals surface area contributed by atoms with Gasteiger partial charge in [-0.05, 0) is 56.5 Å². The lowest BCUT2D eigenvalue weighted by atomic mass is 9.97. The number of carbonyl (C=O) groups excluding carboxylic acids is 2. The number of imide groups is 1. The first kappa shape index (κ1) is 20.1. The van der Waals surface area contributed by atoms with Crippen molar-refractivity contribution in [3.63, 3.8) is 0 Å². The van der Waals surface area contributed by atoms with Crippen LogP contribution in [0.3, 0.4) is 0 Å². The van der Waals surface area contributed by atoms with Gasteiger partial charge >= 0.3 is 0 Å². The normalized spacial score (nSPS) is 24.4. The number of anilines is 2. The number of piperazine rings is 1. The number of halogens is 1. The highest BCUT2D eigenvalue weighted by Crippen LogP contribution is 2.25. The van der Waals surface area contributed by atoms with Crippen LogP contribution in [-0.2, 0) is 9.59 Å². The fourth-order valence-corrected chi connectivity index (χ4v) is 4.49. The second-order valence-corrected chi connectivity index (χ2v) is 8.30. The molecule has 0 bridgehead atoms. The van der Waals surface area contributed by atoms with Gasteiger partial charge in [-0.1, -0.05) is 0 Å². The summed E-state index contributed by atoms with van der Waals surface area (Å²) in [5.74, 6) is -0.115. The molecular formula is C21H30FN5O2. The van der Waals surface area contributed by atoms with E-state index < -0.39 is 6.04 Å². The maximum absolute atomic E-state index is 14.8. The number of hydrogen-bond acceptors (Lipinski definition) is 6. The zero-order chi connectivity index (χ0) is 20.2. The Labute approximate surface area is 171 Å². The first-order valence-corrected chi connectivity index (χ1v) is 10.7. The lowest BCUT2D eigenvalue weighted by Gasteiger charge is -2.38. The minimum Gasteiger partial charge on any atom is -0.374 e. The average molecular weight is 404 g/mol. The molecule has 7 nitrogen and oxygen atoms in total. The molecule has 3 N–H and O–H groups in total. The highest BCUT2D eigenvalue weighted by Gasteiger charge is 2.27. The molecule has 0 saturated carbocycles. The molecule has 3 aliphatic rings. The predicted molar refractivity (Wildman–Crippen MR) is 110 cm³/mol. The van der Waals surface area contributed by atoms with E-state index in [9.17, 15) is 14.0 Å². The van der Waals surface area contributed by atoms with Crippen molar-refractivity contribution >= 4 is 23.2 Å². The minimum absolute atomic E-state index is 0.256. The van der Waals surface area contributed by atoms with Gasteiger partial charge in [-0.2, -0.15) is 0 Å². The van der Waals surface area contributed by atoms with Gasteiger partial charge in [0.05, 0.1) is 5.69 Å². The Morgan fingerprint density at radius 2 is 1.83 bits per heavy atom. The van der Waals surface area contributed by atoms with Gasteiger partial charge in [0.25, 0.3) is 0 Å². The molecule has 0 aromatic heterocycles. The number of rotatable bonds is 5. The zero-order valence-corrected chi connectivity index (χ0v) is 16.8. The third-order valence-electron chi connectivity index (χ3n) is 6.22. The predicted octanol–water partition coefficient (Wildman–Crippen LogP) is 1.16. The van der Waals surface area contributed by atoms with Crippen LogP contribution in [0.2, 0.25) is 0 Å². The molecule has 3 fully saturated rings. The van der Waals surface area contributed by atoms with Gasteiger partial charge in [0.15, 0.2) is 0 Å². The molecule has 1 aromatic carbocycles. The van der Waals surface area contributed by atoms with Gasteiger partial charge in [-0.25, -0.2) is 4.39 Å². The maximum Gasteiger partial charge on any atom is 0.249 e. The van der Waals surface area contributed by atoms with Crippen molar-refractivity contribution in [1.29, 1.82) is 0 Å². The summed E-state index contributed by atoms with van der Waals surface area (Å²) < 4.78 is 14.8. The van der Waals surface area contributed by atoms with Crippen molar-refractivity contribution < 1.29 is 14.0 Å². The van der Waals surface area contributed by atoms with Crippen LogP contribution in [0.1, 0.15) is 25.7 Å². The van der Waals surface area contributed by atoms with Crippen LogP contribution in [-0.4, -0.2) is 68.6 Å². The maximum atomic E-state index is 14.8. The van der Waals surface area contributed by atoms with E-state index in [4.69, 9.17) is 0 Å². The third kappa shape index (κ3) is 5.05. The number of carbonyl (C=O) groups is 2. The molecule has 1 aromatic rings. The molecule has 29 heavy (non-hydrogen) atoms. The van der Waals surface area contributed by atoms with Crippen LogP contribution < -0.4 is 20.9 Å². The number of piperidine rings is 2. The van der Waals surface area contributed by atoms with Crippen molar-refractivity contribution in [3.05, 3.63) is 24.0 Å². The number of nitrogens with one attached hydrogen (secondary N) is 3. The summed E-state index contributed by atoms with van der Waals surface area (Å²) >= 11 is 0. The van der Waals surface area contributed by atoms with E-state index >= 15 is 0 Å². The van der Waals surface area contributed by atoms with Gasteiger partial charge < -0.3 is 15.5 Å². The largest absolute Gasteiger partial charge is 0.374 e. The topological polar surface area (TPSA) is 76.7 Å². The summed E-state index contributed by atoms with van der Waals surface area (Å²) in [5, 5.41) is 8.76. The zero-order valence-electron chi connectivity index (χ0n) is 16.8. The Morgan fingerprint density at radius 1 is 1.07 bits per heavy atom. The molecular weight excluding hydrogens is 373 g/mol. The molecule has 1 atom stereocenters. The van der Waals surface area contributed by atoms with Crippen molar-refractivity contribution in [1.82, 2.24) is 15.5 Å². The van der Waals surface area contributed by atoms with E-state index in [0.29, 0.717) is 24.2 Å². The van der Waals surface area contributed by atoms with E-state index in [1.54, 1.807) is 6.07 Å². The Bertz CT molecular complexity index is 745. The van der Waals surface area contributed by atoms with Gasteiger partial charge in [-0.15, -0.1) is 0 Å². The highest BCUT2D eigenvalue weighted by atomic mass is 19.1. The minimum atomic E-state index is -0.503. The summed E-state index contributed by atoms with van der Waals surface area (Å²) in [6, 6.07) is 4.53. The van der Waals surface area contributed by atoms with Crippen LogP contribution in [0.5, 0.6) is 0 Å². The molecule has 4 rings (SSSR count). The summed E-state index contributed by atoms with van der Waals surface area (Å²) in [5.41, 5.74) is 1.17. The van der Waals surface area contributed by atoms with Crippen molar-refractivity contribution in [2.45, 2.75) is 31.7 Å². The monoisotopic (exact) mass is 403 g/mol. The molecule has 2 amide bonds. The molecule has 0 aliphatic carbocycles. The van der Waals surface area contributed by atoms with Gasteiger partial charge in [0, 0.05) is 44.8 Å². The molecule has 158 valence electrons. The van der Waals surface area contributed by atoms with Crippen LogP contribution in [0.25, 0.3) is 0 Å². The standard InChI is InChI=1S/C21H30FN5O2/c22-17-13-16(24-18-2-4-20(28)25-21(18)29)1-3-19(17)27-11-9-26(10-12-27)14-15-5-7-23-8-6-15/h1,3,13,15,18,23-24H,2,4-12,14H2,(H,25,28,29). The summed E-state index contributed by atoms with van der Waals surface area (Å²) in [6.45, 7) is 6.94. The van der Waals surface area contributed by atoms with E-state index in [2.05, 4.69) is 25.8 Å². The second kappa shape index (κ2) is 9.09. The van der Waals surface area contributed by atoms with Gasteiger partial charge in [0.1, 0.15) is 11.9 Å². The van der Waals surface area contributed by atoms with Crippen LogP contribution in [0.4, 0.5) is 15.8 Å². The number of amides is 2. The smallest absolute Gasteiger partial charge is 0.249 e. The summed E-state index contributed by atoms with van der Waals surface area (Å²) in [4.78, 5) is 27.7. The van der Waals surface area contributed by atoms with Crippen LogP contribution in [0.15, 0.2) is 18.2 Å². The van der Waals surface area contributed by atoms with E-state index in [-0.39, 0.29) is 17.6 Å². The molecule has 0 spiro atoms. The lowest BCUT2D eigenvalue weighted by Crippen LogP contribution is -2.49. The molecule has 3 aliphatic heterocycles. The molecule has 3 saturated heterocycles. The Balaban J connectivity index is 1.30. The highest BCUT2D eigenvalue weighted by molar-refractivity contribution is 6.01. The molecule has 0 radical (unpaired) electrons. The van der Waals surface area contributed by atoms with E-state index in [1.807, 2.05) is 6.07 Å². The van der Waals surface area contributed by atoms with Crippen molar-refractivity contribution in [2.24, 2.45) is 5.92 Å². The fraction of sp³-hybridized carbons (Fsp3) is 0.619. The Morgan fingerprint density at radius 3 is 2.52 bits per heavy atom. The van der Waals surface area contributed by atoms with E-state index in [0.717, 1.165) is 51.7 Å². The average Bonchev–Trinajstić information content (AvgIpc) is 2.72. The van der Waals surface area contributed by atoms with Gasteiger partial charge in [0.2, 0.25) is 11.8 Å². The SMILES string of the molecule is O=C1CCC(Nc2ccc(N3CCN(CC4CCNCC4)CC3)c(F)c2)C(=O)N1. The van der Waals surface area contributed by atoms with Crippen molar-refractivity contribution in [3.8, 4) is 0 Å². The van der Waals surface area contributed by atoms with E-state index in [1.165, 1.54) is 18.9 Å². The quantitative estimate of drug-likeness (QED) is 0.641. The second-order valence-electron chi connectivity index (χ2n) is 8.30. The molecule has 3 heterocycles.